The van der Waals surface area contributed by atoms with E-state index < -0.39 is 4.92 Å². The Morgan fingerprint density at radius 2 is 2.27 bits per heavy atom. The first-order valence-electron chi connectivity index (χ1n) is 3.99. The molecule has 0 saturated heterocycles. The molecule has 0 bridgehead atoms. The minimum absolute atomic E-state index is 0.0270. The highest BCUT2D eigenvalue weighted by Crippen LogP contribution is 2.16. The number of rotatable bonds is 2. The molecule has 0 N–H and O–H groups in total. The smallest absolute Gasteiger partial charge is 0.258 e. The van der Waals surface area contributed by atoms with E-state index >= 15 is 0 Å². The zero-order chi connectivity index (χ0) is 10.8. The molecule has 0 unspecified atom stereocenters. The van der Waals surface area contributed by atoms with Gasteiger partial charge in [-0.2, -0.15) is 0 Å². The predicted octanol–water partition coefficient (Wildman–Crippen LogP) is 1.94. The van der Waals surface area contributed by atoms with Crippen LogP contribution in [-0.4, -0.2) is 19.7 Å². The molecule has 0 fully saturated rings. The summed E-state index contributed by atoms with van der Waals surface area (Å²) in [6, 6.07) is 6.17. The van der Waals surface area contributed by atoms with E-state index in [1.54, 1.807) is 12.1 Å². The minimum Gasteiger partial charge on any atom is -0.258 e. The number of benzene rings is 1. The van der Waals surface area contributed by atoms with Crippen molar-refractivity contribution in [1.82, 2.24) is 14.8 Å². The van der Waals surface area contributed by atoms with Crippen molar-refractivity contribution >= 4 is 21.6 Å². The highest BCUT2D eigenvalue weighted by molar-refractivity contribution is 9.10. The van der Waals surface area contributed by atoms with Crippen LogP contribution in [0.15, 0.2) is 35.3 Å². The molecule has 0 atom stereocenters. The molecule has 15 heavy (non-hydrogen) atoms. The van der Waals surface area contributed by atoms with Crippen LogP contribution in [0, 0.1) is 10.1 Å². The Balaban J connectivity index is 2.45. The lowest BCUT2D eigenvalue weighted by atomic mass is 10.3. The molecule has 6 nitrogen and oxygen atoms in total. The molecule has 0 spiro atoms. The first-order valence-corrected chi connectivity index (χ1v) is 4.78. The second kappa shape index (κ2) is 3.77. The molecule has 0 aliphatic carbocycles. The van der Waals surface area contributed by atoms with Gasteiger partial charge in [0.25, 0.3) is 5.69 Å². The Hall–Kier alpha value is -1.76. The molecule has 1 aromatic carbocycles. The SMILES string of the molecule is O=[N+]([O-])c1cccc(-n2cnc(Br)n2)c1. The molecule has 7 heteroatoms. The largest absolute Gasteiger partial charge is 0.271 e. The lowest BCUT2D eigenvalue weighted by molar-refractivity contribution is -0.384. The van der Waals surface area contributed by atoms with Crippen LogP contribution in [0.1, 0.15) is 0 Å². The van der Waals surface area contributed by atoms with E-state index in [1.165, 1.54) is 23.1 Å². The third-order valence-electron chi connectivity index (χ3n) is 1.77. The van der Waals surface area contributed by atoms with Gasteiger partial charge < -0.3 is 0 Å². The van der Waals surface area contributed by atoms with Crippen LogP contribution in [-0.2, 0) is 0 Å². The van der Waals surface area contributed by atoms with Gasteiger partial charge >= 0.3 is 0 Å². The summed E-state index contributed by atoms with van der Waals surface area (Å²) in [6.07, 6.45) is 1.48. The van der Waals surface area contributed by atoms with E-state index in [9.17, 15) is 10.1 Å². The van der Waals surface area contributed by atoms with Gasteiger partial charge in [-0.15, -0.1) is 5.10 Å². The molecule has 76 valence electrons. The first-order chi connectivity index (χ1) is 7.16. The van der Waals surface area contributed by atoms with Gasteiger partial charge in [0, 0.05) is 12.1 Å². The summed E-state index contributed by atoms with van der Waals surface area (Å²) in [6.45, 7) is 0. The van der Waals surface area contributed by atoms with Gasteiger partial charge in [-0.1, -0.05) is 6.07 Å². The summed E-state index contributed by atoms with van der Waals surface area (Å²) < 4.78 is 1.89. The van der Waals surface area contributed by atoms with Gasteiger partial charge in [0.1, 0.15) is 6.33 Å². The Bertz CT molecular complexity index is 511. The molecular formula is C8H5BrN4O2. The molecule has 0 amide bonds. The summed E-state index contributed by atoms with van der Waals surface area (Å²) in [5, 5.41) is 14.5. The number of nitro groups is 1. The van der Waals surface area contributed by atoms with Crippen molar-refractivity contribution in [2.24, 2.45) is 0 Å². The normalized spacial score (nSPS) is 10.2. The Kier molecular flexibility index (Phi) is 2.46. The zero-order valence-corrected chi connectivity index (χ0v) is 8.96. The number of hydrogen-bond donors (Lipinski definition) is 0. The van der Waals surface area contributed by atoms with Crippen molar-refractivity contribution in [2.45, 2.75) is 0 Å². The minimum atomic E-state index is -0.449. The third-order valence-corrected chi connectivity index (χ3v) is 2.13. The van der Waals surface area contributed by atoms with Crippen LogP contribution in [0.3, 0.4) is 0 Å². The molecule has 1 heterocycles. The zero-order valence-electron chi connectivity index (χ0n) is 7.37. The Morgan fingerprint density at radius 3 is 2.87 bits per heavy atom. The topological polar surface area (TPSA) is 73.8 Å². The highest BCUT2D eigenvalue weighted by atomic mass is 79.9. The van der Waals surface area contributed by atoms with E-state index in [0.717, 1.165) is 0 Å². The van der Waals surface area contributed by atoms with Crippen LogP contribution < -0.4 is 0 Å². The first kappa shape index (κ1) is 9.78. The lowest BCUT2D eigenvalue weighted by Gasteiger charge is -1.98. The number of hydrogen-bond acceptors (Lipinski definition) is 4. The van der Waals surface area contributed by atoms with Crippen LogP contribution in [0.2, 0.25) is 0 Å². The Morgan fingerprint density at radius 1 is 1.47 bits per heavy atom. The Labute approximate surface area is 92.8 Å². The van der Waals surface area contributed by atoms with E-state index in [4.69, 9.17) is 0 Å². The predicted molar refractivity (Wildman–Crippen MR) is 55.7 cm³/mol. The summed E-state index contributed by atoms with van der Waals surface area (Å²) in [7, 11) is 0. The van der Waals surface area contributed by atoms with E-state index in [2.05, 4.69) is 26.0 Å². The molecule has 0 saturated carbocycles. The molecule has 1 aromatic heterocycles. The van der Waals surface area contributed by atoms with E-state index in [0.29, 0.717) is 10.4 Å². The average Bonchev–Trinajstić information content (AvgIpc) is 2.65. The number of nitrogens with zero attached hydrogens (tertiary/aromatic N) is 4. The monoisotopic (exact) mass is 268 g/mol. The van der Waals surface area contributed by atoms with Crippen LogP contribution in [0.5, 0.6) is 0 Å². The molecule has 0 aliphatic heterocycles. The summed E-state index contributed by atoms with van der Waals surface area (Å²) >= 11 is 3.10. The summed E-state index contributed by atoms with van der Waals surface area (Å²) in [5.41, 5.74) is 0.626. The van der Waals surface area contributed by atoms with Gasteiger partial charge in [-0.05, 0) is 22.0 Å². The highest BCUT2D eigenvalue weighted by Gasteiger charge is 2.07. The third kappa shape index (κ3) is 2.01. The van der Waals surface area contributed by atoms with Crippen LogP contribution in [0.25, 0.3) is 5.69 Å². The van der Waals surface area contributed by atoms with Gasteiger partial charge in [0.05, 0.1) is 10.6 Å². The number of non-ortho nitro benzene ring substituents is 1. The number of aromatic nitrogens is 3. The number of nitro benzene ring substituents is 1. The summed E-state index contributed by atoms with van der Waals surface area (Å²) in [4.78, 5) is 14.0. The molecule has 2 aromatic rings. The maximum atomic E-state index is 10.5. The molecule has 0 aliphatic rings. The quantitative estimate of drug-likeness (QED) is 0.616. The van der Waals surface area contributed by atoms with Gasteiger partial charge in [-0.3, -0.25) is 10.1 Å². The van der Waals surface area contributed by atoms with E-state index in [-0.39, 0.29) is 5.69 Å². The van der Waals surface area contributed by atoms with Crippen molar-refractivity contribution in [3.63, 3.8) is 0 Å². The van der Waals surface area contributed by atoms with Crippen molar-refractivity contribution in [3.05, 3.63) is 45.4 Å². The van der Waals surface area contributed by atoms with Crippen molar-refractivity contribution in [1.29, 1.82) is 0 Å². The molecule has 2 rings (SSSR count). The van der Waals surface area contributed by atoms with Crippen molar-refractivity contribution in [3.8, 4) is 5.69 Å². The molecular weight excluding hydrogens is 264 g/mol. The maximum Gasteiger partial charge on any atom is 0.271 e. The van der Waals surface area contributed by atoms with Gasteiger partial charge in [0.2, 0.25) is 4.73 Å². The lowest BCUT2D eigenvalue weighted by Crippen LogP contribution is -1.96. The van der Waals surface area contributed by atoms with E-state index in [1.807, 2.05) is 0 Å². The maximum absolute atomic E-state index is 10.5. The fraction of sp³-hybridized carbons (Fsp3) is 0. The van der Waals surface area contributed by atoms with Crippen molar-refractivity contribution in [2.75, 3.05) is 0 Å². The van der Waals surface area contributed by atoms with Gasteiger partial charge in [0.15, 0.2) is 0 Å². The van der Waals surface area contributed by atoms with Gasteiger partial charge in [-0.25, -0.2) is 9.67 Å². The number of halogens is 1. The van der Waals surface area contributed by atoms with Crippen LogP contribution >= 0.6 is 15.9 Å². The fourth-order valence-corrected chi connectivity index (χ4v) is 1.38. The summed E-state index contributed by atoms with van der Waals surface area (Å²) in [5.74, 6) is 0. The second-order valence-electron chi connectivity index (χ2n) is 2.74. The fourth-order valence-electron chi connectivity index (χ4n) is 1.12. The molecule has 0 radical (unpaired) electrons. The standard InChI is InChI=1S/C8H5BrN4O2/c9-8-10-5-12(11-8)6-2-1-3-7(4-6)13(14)15/h1-5H. The van der Waals surface area contributed by atoms with Crippen LogP contribution in [0.4, 0.5) is 5.69 Å². The van der Waals surface area contributed by atoms with Crippen molar-refractivity contribution < 1.29 is 4.92 Å². The second-order valence-corrected chi connectivity index (χ2v) is 3.44. The average molecular weight is 269 g/mol.